The normalized spacial score (nSPS) is 18.8. The number of aliphatic hydroxyl groups excluding tert-OH is 1. The lowest BCUT2D eigenvalue weighted by atomic mass is 9.74. The van der Waals surface area contributed by atoms with Crippen LogP contribution in [0.4, 0.5) is 0 Å². The second kappa shape index (κ2) is 7.59. The van der Waals surface area contributed by atoms with Crippen LogP contribution in [0.5, 0.6) is 11.5 Å². The maximum Gasteiger partial charge on any atom is 0.402 e. The van der Waals surface area contributed by atoms with Gasteiger partial charge in [-0.2, -0.15) is 4.58 Å². The lowest BCUT2D eigenvalue weighted by Gasteiger charge is -2.30. The number of alkyl halides is 1. The molecule has 1 aliphatic heterocycles. The second-order valence-electron chi connectivity index (χ2n) is 7.90. The molecule has 1 heterocycles. The van der Waals surface area contributed by atoms with Gasteiger partial charge < -0.3 is 14.6 Å². The van der Waals surface area contributed by atoms with E-state index in [1.54, 1.807) is 13.2 Å². The molecule has 0 fully saturated rings. The van der Waals surface area contributed by atoms with Crippen molar-refractivity contribution in [2.75, 3.05) is 26.6 Å². The molecule has 28 heavy (non-hydrogen) atoms. The number of halogens is 1. The van der Waals surface area contributed by atoms with Gasteiger partial charge in [0.05, 0.1) is 19.8 Å². The molecule has 0 radical (unpaired) electrons. The molecule has 0 aromatic heterocycles. The number of aliphatic hydroxyl groups is 1. The van der Waals surface area contributed by atoms with Crippen LogP contribution in [0.1, 0.15) is 37.8 Å². The van der Waals surface area contributed by atoms with Crippen LogP contribution in [0, 0.1) is 5.41 Å². The SMILES string of the molecule is COc1cc2c(cc1OC)C(C1=C(O)CC(C)(C)CC1=O)=[N+](C(=O)CCl)CC2. The number of carbonyl (C=O) groups is 2. The Balaban J connectivity index is 2.30. The summed E-state index contributed by atoms with van der Waals surface area (Å²) in [6.45, 7) is 4.25. The first-order chi connectivity index (χ1) is 13.2. The van der Waals surface area contributed by atoms with Crippen molar-refractivity contribution in [1.29, 1.82) is 0 Å². The standard InChI is InChI=1S/C21H24ClNO5/c1-21(2)9-14(24)19(15(25)10-21)20-13-8-17(28-4)16(27-3)7-12(13)5-6-23(20)18(26)11-22/h7-8H,5-6,9-11H2,1-4H3/p+1. The highest BCUT2D eigenvalue weighted by molar-refractivity contribution is 6.30. The van der Waals surface area contributed by atoms with Gasteiger partial charge in [-0.3, -0.25) is 4.79 Å². The van der Waals surface area contributed by atoms with E-state index in [0.717, 1.165) is 5.56 Å². The van der Waals surface area contributed by atoms with Crippen molar-refractivity contribution in [3.63, 3.8) is 0 Å². The Kier molecular flexibility index (Phi) is 5.53. The van der Waals surface area contributed by atoms with Crippen LogP contribution in [0.15, 0.2) is 23.5 Å². The molecule has 0 unspecified atom stereocenters. The van der Waals surface area contributed by atoms with Crippen LogP contribution < -0.4 is 9.47 Å². The van der Waals surface area contributed by atoms with Crippen LogP contribution in [-0.4, -0.2) is 53.7 Å². The van der Waals surface area contributed by atoms with Crippen molar-refractivity contribution in [2.24, 2.45) is 5.41 Å². The Morgan fingerprint density at radius 2 is 1.86 bits per heavy atom. The molecular weight excluding hydrogens is 382 g/mol. The summed E-state index contributed by atoms with van der Waals surface area (Å²) >= 11 is 5.83. The third-order valence-corrected chi connectivity index (χ3v) is 5.47. The van der Waals surface area contributed by atoms with Crippen LogP contribution in [0.3, 0.4) is 0 Å². The highest BCUT2D eigenvalue weighted by atomic mass is 35.5. The molecule has 0 saturated heterocycles. The average molecular weight is 407 g/mol. The van der Waals surface area contributed by atoms with Crippen molar-refractivity contribution in [3.8, 4) is 11.5 Å². The van der Waals surface area contributed by atoms with E-state index in [1.807, 2.05) is 19.9 Å². The number of ether oxygens (including phenoxy) is 2. The number of nitrogens with zero attached hydrogens (tertiary/aromatic N) is 1. The van der Waals surface area contributed by atoms with Crippen LogP contribution >= 0.6 is 11.6 Å². The molecule has 0 saturated carbocycles. The number of hydrogen-bond donors (Lipinski definition) is 1. The molecule has 0 spiro atoms. The molecule has 2 aliphatic rings. The number of methoxy groups -OCH3 is 2. The number of rotatable bonds is 4. The summed E-state index contributed by atoms with van der Waals surface area (Å²) < 4.78 is 12.3. The predicted octanol–water partition coefficient (Wildman–Crippen LogP) is 3.03. The van der Waals surface area contributed by atoms with E-state index in [4.69, 9.17) is 21.1 Å². The number of amides is 1. The minimum absolute atomic E-state index is 0.00579. The summed E-state index contributed by atoms with van der Waals surface area (Å²) in [7, 11) is 3.08. The lowest BCUT2D eigenvalue weighted by Crippen LogP contribution is -2.40. The summed E-state index contributed by atoms with van der Waals surface area (Å²) in [5, 5.41) is 10.8. The zero-order valence-electron chi connectivity index (χ0n) is 16.6. The largest absolute Gasteiger partial charge is 0.511 e. The summed E-state index contributed by atoms with van der Waals surface area (Å²) in [6, 6.07) is 3.61. The van der Waals surface area contributed by atoms with Gasteiger partial charge in [0.2, 0.25) is 5.71 Å². The molecule has 0 bridgehead atoms. The third-order valence-electron chi connectivity index (χ3n) is 5.24. The second-order valence-corrected chi connectivity index (χ2v) is 8.17. The Labute approximate surface area is 169 Å². The van der Waals surface area contributed by atoms with Crippen molar-refractivity contribution < 1.29 is 28.7 Å². The number of ketones is 1. The quantitative estimate of drug-likeness (QED) is 0.614. The molecular formula is C21H25ClNO5+. The van der Waals surface area contributed by atoms with Crippen LogP contribution in [0.25, 0.3) is 0 Å². The predicted molar refractivity (Wildman–Crippen MR) is 106 cm³/mol. The van der Waals surface area contributed by atoms with Crippen molar-refractivity contribution in [2.45, 2.75) is 33.1 Å². The van der Waals surface area contributed by atoms with Crippen LogP contribution in [0.2, 0.25) is 0 Å². The number of carbonyl (C=O) groups excluding carboxylic acids is 2. The fourth-order valence-corrected chi connectivity index (χ4v) is 4.13. The van der Waals surface area contributed by atoms with Gasteiger partial charge in [-0.05, 0) is 23.1 Å². The summed E-state index contributed by atoms with van der Waals surface area (Å²) in [5.74, 6) is 0.370. The van der Waals surface area contributed by atoms with Gasteiger partial charge in [0.25, 0.3) is 0 Å². The van der Waals surface area contributed by atoms with E-state index < -0.39 is 0 Å². The van der Waals surface area contributed by atoms with Gasteiger partial charge in [-0.25, -0.2) is 4.79 Å². The molecule has 3 rings (SSSR count). The number of benzene rings is 1. The van der Waals surface area contributed by atoms with E-state index in [0.29, 0.717) is 48.6 Å². The monoisotopic (exact) mass is 406 g/mol. The molecule has 1 aromatic carbocycles. The van der Waals surface area contributed by atoms with E-state index in [9.17, 15) is 14.7 Å². The van der Waals surface area contributed by atoms with Crippen molar-refractivity contribution >= 4 is 29.0 Å². The topological polar surface area (TPSA) is 75.8 Å². The summed E-state index contributed by atoms with van der Waals surface area (Å²) in [5.41, 5.74) is 1.87. The molecule has 1 N–H and O–H groups in total. The number of hydrogen-bond acceptors (Lipinski definition) is 5. The Hall–Kier alpha value is -2.34. The van der Waals surface area contributed by atoms with Gasteiger partial charge in [0.1, 0.15) is 17.2 Å². The fraction of sp³-hybridized carbons (Fsp3) is 0.476. The molecule has 1 amide bonds. The summed E-state index contributed by atoms with van der Waals surface area (Å²) in [6.07, 6.45) is 1.24. The first kappa shape index (κ1) is 20.4. The van der Waals surface area contributed by atoms with Crippen LogP contribution in [-0.2, 0) is 16.0 Å². The number of fused-ring (bicyclic) bond motifs is 1. The van der Waals surface area contributed by atoms with Crippen molar-refractivity contribution in [3.05, 3.63) is 34.6 Å². The Morgan fingerprint density at radius 1 is 1.21 bits per heavy atom. The maximum absolute atomic E-state index is 13.0. The smallest absolute Gasteiger partial charge is 0.402 e. The highest BCUT2D eigenvalue weighted by Crippen LogP contribution is 2.39. The van der Waals surface area contributed by atoms with E-state index in [2.05, 4.69) is 0 Å². The first-order valence-corrected chi connectivity index (χ1v) is 9.70. The number of allylic oxidation sites excluding steroid dienone is 2. The first-order valence-electron chi connectivity index (χ1n) is 9.16. The fourth-order valence-electron chi connectivity index (χ4n) is 3.99. The minimum Gasteiger partial charge on any atom is -0.511 e. The van der Waals surface area contributed by atoms with E-state index >= 15 is 0 Å². The van der Waals surface area contributed by atoms with Gasteiger partial charge in [0, 0.05) is 19.3 Å². The molecule has 1 aromatic rings. The van der Waals surface area contributed by atoms with E-state index in [1.165, 1.54) is 11.7 Å². The number of Topliss-reactive ketones (excluding diaryl/α,β-unsaturated/α-hetero) is 1. The van der Waals surface area contributed by atoms with Gasteiger partial charge in [-0.15, -0.1) is 11.6 Å². The van der Waals surface area contributed by atoms with E-state index in [-0.39, 0.29) is 34.3 Å². The molecule has 6 nitrogen and oxygen atoms in total. The highest BCUT2D eigenvalue weighted by Gasteiger charge is 2.42. The summed E-state index contributed by atoms with van der Waals surface area (Å²) in [4.78, 5) is 25.5. The lowest BCUT2D eigenvalue weighted by molar-refractivity contribution is -0.447. The molecule has 150 valence electrons. The average Bonchev–Trinajstić information content (AvgIpc) is 2.64. The zero-order valence-corrected chi connectivity index (χ0v) is 17.4. The van der Waals surface area contributed by atoms with Gasteiger partial charge in [-0.1, -0.05) is 13.8 Å². The van der Waals surface area contributed by atoms with Crippen molar-refractivity contribution in [1.82, 2.24) is 0 Å². The molecule has 7 heteroatoms. The molecule has 1 aliphatic carbocycles. The minimum atomic E-state index is -0.332. The zero-order chi connectivity index (χ0) is 20.6. The Bertz CT molecular complexity index is 914. The van der Waals surface area contributed by atoms with Gasteiger partial charge >= 0.3 is 5.91 Å². The third kappa shape index (κ3) is 3.53. The molecule has 0 atom stereocenters. The van der Waals surface area contributed by atoms with Gasteiger partial charge in [0.15, 0.2) is 23.8 Å². The maximum atomic E-state index is 13.0. The Morgan fingerprint density at radius 3 is 2.43 bits per heavy atom.